The predicted octanol–water partition coefficient (Wildman–Crippen LogP) is 1.96. The molecule has 0 aromatic carbocycles. The van der Waals surface area contributed by atoms with Crippen LogP contribution in [0.3, 0.4) is 0 Å². The molecule has 0 fully saturated rings. The Bertz CT molecular complexity index is 417. The zero-order chi connectivity index (χ0) is 15.3. The summed E-state index contributed by atoms with van der Waals surface area (Å²) in [4.78, 5) is 12.9. The molecule has 2 N–H and O–H groups in total. The molecule has 3 atom stereocenters. The maximum atomic E-state index is 12.3. The number of aliphatic hydroxyl groups excluding tert-OH is 1. The quantitative estimate of drug-likeness (QED) is 0.734. The molecule has 0 spiro atoms. The fourth-order valence-electron chi connectivity index (χ4n) is 2.56. The number of carbonyl (C=O) groups excluding carboxylic acids is 1. The Hall–Kier alpha value is -0.780. The second-order valence-electron chi connectivity index (χ2n) is 5.18. The molecule has 0 bridgehead atoms. The normalized spacial score (nSPS) is 28.0. The lowest BCUT2D eigenvalue weighted by atomic mass is 9.78. The van der Waals surface area contributed by atoms with Gasteiger partial charge in [0.15, 0.2) is 5.78 Å². The van der Waals surface area contributed by atoms with Crippen LogP contribution in [0.15, 0.2) is 22.3 Å². The van der Waals surface area contributed by atoms with Gasteiger partial charge in [-0.05, 0) is 26.6 Å². The summed E-state index contributed by atoms with van der Waals surface area (Å²) in [7, 11) is 3.41. The highest BCUT2D eigenvalue weighted by Crippen LogP contribution is 2.38. The molecular formula is C15H25NO3S. The van der Waals surface area contributed by atoms with Crippen molar-refractivity contribution in [2.45, 2.75) is 26.4 Å². The van der Waals surface area contributed by atoms with Gasteiger partial charge in [0.2, 0.25) is 0 Å². The van der Waals surface area contributed by atoms with Crippen LogP contribution in [0.4, 0.5) is 0 Å². The van der Waals surface area contributed by atoms with Gasteiger partial charge in [0.05, 0.1) is 12.0 Å². The van der Waals surface area contributed by atoms with Crippen LogP contribution in [0, 0.1) is 11.8 Å². The van der Waals surface area contributed by atoms with E-state index in [0.717, 1.165) is 6.54 Å². The predicted molar refractivity (Wildman–Crippen MR) is 83.5 cm³/mol. The number of aliphatic hydroxyl groups is 1. The molecule has 20 heavy (non-hydrogen) atoms. The molecule has 1 aliphatic rings. The SMILES string of the molecule is CNC/C(C)=C/CC1C(C)C(=O)C(SC)=C(OC)C1O. The Kier molecular flexibility index (Phi) is 6.79. The molecule has 1 rings (SSSR count). The number of ketones is 1. The molecular weight excluding hydrogens is 274 g/mol. The van der Waals surface area contributed by atoms with E-state index < -0.39 is 6.10 Å². The molecule has 0 radical (unpaired) electrons. The molecule has 0 aromatic rings. The van der Waals surface area contributed by atoms with E-state index in [1.54, 1.807) is 0 Å². The molecule has 4 nitrogen and oxygen atoms in total. The van der Waals surface area contributed by atoms with Crippen molar-refractivity contribution in [1.82, 2.24) is 5.32 Å². The summed E-state index contributed by atoms with van der Waals surface area (Å²) in [5.41, 5.74) is 1.21. The van der Waals surface area contributed by atoms with Gasteiger partial charge >= 0.3 is 0 Å². The number of Topliss-reactive ketones (excluding diaryl/α,β-unsaturated/α-hetero) is 1. The van der Waals surface area contributed by atoms with Crippen molar-refractivity contribution in [2.24, 2.45) is 11.8 Å². The first kappa shape index (κ1) is 17.3. The molecule has 5 heteroatoms. The van der Waals surface area contributed by atoms with E-state index in [-0.39, 0.29) is 17.6 Å². The third-order valence-corrected chi connectivity index (χ3v) is 4.61. The number of hydrogen-bond acceptors (Lipinski definition) is 5. The molecule has 0 saturated heterocycles. The minimum absolute atomic E-state index is 0.0734. The van der Waals surface area contributed by atoms with E-state index in [4.69, 9.17) is 4.74 Å². The number of carbonyl (C=O) groups is 1. The Balaban J connectivity index is 2.97. The van der Waals surface area contributed by atoms with E-state index in [1.165, 1.54) is 24.4 Å². The zero-order valence-electron chi connectivity index (χ0n) is 12.9. The third-order valence-electron chi connectivity index (χ3n) is 3.80. The van der Waals surface area contributed by atoms with Crippen molar-refractivity contribution >= 4 is 17.5 Å². The summed E-state index contributed by atoms with van der Waals surface area (Å²) >= 11 is 1.35. The number of rotatable bonds is 6. The minimum atomic E-state index is -0.714. The molecule has 0 amide bonds. The highest BCUT2D eigenvalue weighted by Gasteiger charge is 2.40. The van der Waals surface area contributed by atoms with E-state index >= 15 is 0 Å². The van der Waals surface area contributed by atoms with Crippen molar-refractivity contribution in [1.29, 1.82) is 0 Å². The van der Waals surface area contributed by atoms with Crippen LogP contribution < -0.4 is 5.32 Å². The number of ether oxygens (including phenoxy) is 1. The number of allylic oxidation sites excluding steroid dienone is 2. The van der Waals surface area contributed by atoms with Gasteiger partial charge in [-0.25, -0.2) is 0 Å². The van der Waals surface area contributed by atoms with Gasteiger partial charge in [-0.2, -0.15) is 0 Å². The molecule has 0 saturated carbocycles. The maximum absolute atomic E-state index is 12.3. The number of thioether (sulfide) groups is 1. The Morgan fingerprint density at radius 2 is 2.20 bits per heavy atom. The lowest BCUT2D eigenvalue weighted by molar-refractivity contribution is -0.123. The highest BCUT2D eigenvalue weighted by atomic mass is 32.2. The van der Waals surface area contributed by atoms with Crippen molar-refractivity contribution < 1.29 is 14.6 Å². The average Bonchev–Trinajstić information content (AvgIpc) is 2.42. The lowest BCUT2D eigenvalue weighted by Crippen LogP contribution is -2.39. The van der Waals surface area contributed by atoms with Crippen LogP contribution in [-0.4, -0.2) is 44.0 Å². The van der Waals surface area contributed by atoms with E-state index in [0.29, 0.717) is 17.1 Å². The van der Waals surface area contributed by atoms with Crippen LogP contribution in [0.25, 0.3) is 0 Å². The van der Waals surface area contributed by atoms with Gasteiger partial charge in [0, 0.05) is 18.4 Å². The fourth-order valence-corrected chi connectivity index (χ4v) is 3.35. The second-order valence-corrected chi connectivity index (χ2v) is 6.00. The van der Waals surface area contributed by atoms with Gasteiger partial charge in [0.25, 0.3) is 0 Å². The second kappa shape index (κ2) is 7.86. The van der Waals surface area contributed by atoms with Crippen molar-refractivity contribution in [3.8, 4) is 0 Å². The first-order valence-corrected chi connectivity index (χ1v) is 8.05. The number of nitrogens with one attached hydrogen (secondary N) is 1. The van der Waals surface area contributed by atoms with Gasteiger partial charge in [-0.1, -0.05) is 18.6 Å². The summed E-state index contributed by atoms with van der Waals surface area (Å²) < 4.78 is 5.27. The van der Waals surface area contributed by atoms with Gasteiger partial charge in [0.1, 0.15) is 11.9 Å². The van der Waals surface area contributed by atoms with Crippen LogP contribution in [0.5, 0.6) is 0 Å². The summed E-state index contributed by atoms with van der Waals surface area (Å²) in [6.07, 6.45) is 3.89. The smallest absolute Gasteiger partial charge is 0.175 e. The Morgan fingerprint density at radius 1 is 1.55 bits per heavy atom. The summed E-state index contributed by atoms with van der Waals surface area (Å²) in [6, 6.07) is 0. The van der Waals surface area contributed by atoms with Crippen molar-refractivity contribution in [3.63, 3.8) is 0 Å². The minimum Gasteiger partial charge on any atom is -0.497 e. The molecule has 3 unspecified atom stereocenters. The first-order chi connectivity index (χ1) is 9.47. The van der Waals surface area contributed by atoms with E-state index in [1.807, 2.05) is 27.2 Å². The summed E-state index contributed by atoms with van der Waals surface area (Å²) in [5, 5.41) is 13.6. The molecule has 114 valence electrons. The van der Waals surface area contributed by atoms with Crippen molar-refractivity contribution in [2.75, 3.05) is 27.0 Å². The van der Waals surface area contributed by atoms with E-state index in [2.05, 4.69) is 11.4 Å². The number of likely N-dealkylation sites (N-methyl/N-ethyl adjacent to an activating group) is 1. The van der Waals surface area contributed by atoms with Crippen LogP contribution in [0.1, 0.15) is 20.3 Å². The molecule has 0 aliphatic heterocycles. The first-order valence-electron chi connectivity index (χ1n) is 6.82. The monoisotopic (exact) mass is 299 g/mol. The van der Waals surface area contributed by atoms with Crippen LogP contribution in [0.2, 0.25) is 0 Å². The average molecular weight is 299 g/mol. The largest absolute Gasteiger partial charge is 0.497 e. The van der Waals surface area contributed by atoms with Crippen LogP contribution >= 0.6 is 11.8 Å². The molecule has 1 aliphatic carbocycles. The van der Waals surface area contributed by atoms with E-state index in [9.17, 15) is 9.90 Å². The van der Waals surface area contributed by atoms with Gasteiger partial charge < -0.3 is 15.2 Å². The zero-order valence-corrected chi connectivity index (χ0v) is 13.7. The number of methoxy groups -OCH3 is 1. The third kappa shape index (κ3) is 3.65. The molecule has 0 heterocycles. The fraction of sp³-hybridized carbons (Fsp3) is 0.667. The highest BCUT2D eigenvalue weighted by molar-refractivity contribution is 8.03. The lowest BCUT2D eigenvalue weighted by Gasteiger charge is -2.34. The molecule has 0 aromatic heterocycles. The van der Waals surface area contributed by atoms with Crippen molar-refractivity contribution in [3.05, 3.63) is 22.3 Å². The number of hydrogen-bond donors (Lipinski definition) is 2. The van der Waals surface area contributed by atoms with Gasteiger partial charge in [-0.15, -0.1) is 11.8 Å². The standard InChI is InChI=1S/C15H25NO3S/c1-9(8-16-3)6-7-11-10(2)12(17)15(20-5)14(19-4)13(11)18/h6,10-11,13,16,18H,7-8H2,1-5H3/b9-6+. The van der Waals surface area contributed by atoms with Gasteiger partial charge in [-0.3, -0.25) is 4.79 Å². The summed E-state index contributed by atoms with van der Waals surface area (Å²) in [5.74, 6) is 0.180. The topological polar surface area (TPSA) is 58.6 Å². The van der Waals surface area contributed by atoms with Crippen LogP contribution in [-0.2, 0) is 9.53 Å². The Labute approximate surface area is 125 Å². The Morgan fingerprint density at radius 3 is 2.70 bits per heavy atom. The summed E-state index contributed by atoms with van der Waals surface area (Å²) in [6.45, 7) is 4.74. The maximum Gasteiger partial charge on any atom is 0.175 e.